The van der Waals surface area contributed by atoms with Crippen LogP contribution in [0.25, 0.3) is 5.65 Å². The normalized spacial score (nSPS) is 19.5. The van der Waals surface area contributed by atoms with Gasteiger partial charge in [0.05, 0.1) is 5.54 Å². The molecule has 0 atom stereocenters. The molecule has 0 unspecified atom stereocenters. The number of rotatable bonds is 1. The summed E-state index contributed by atoms with van der Waals surface area (Å²) in [5, 5.41) is 12.4. The average molecular weight is 189 g/mol. The summed E-state index contributed by atoms with van der Waals surface area (Å²) in [7, 11) is 0. The lowest BCUT2D eigenvalue weighted by Gasteiger charge is -2.35. The Bertz CT molecular complexity index is 471. The van der Waals surface area contributed by atoms with E-state index in [2.05, 4.69) is 15.3 Å². The van der Waals surface area contributed by atoms with Gasteiger partial charge >= 0.3 is 0 Å². The van der Waals surface area contributed by atoms with Gasteiger partial charge in [-0.25, -0.2) is 0 Å². The Morgan fingerprint density at radius 1 is 1.36 bits per heavy atom. The van der Waals surface area contributed by atoms with Crippen LogP contribution >= 0.6 is 0 Å². The number of hydrogen-bond acceptors (Lipinski definition) is 4. The van der Waals surface area contributed by atoms with Gasteiger partial charge < -0.3 is 5.73 Å². The fourth-order valence-corrected chi connectivity index (χ4v) is 1.84. The van der Waals surface area contributed by atoms with Crippen LogP contribution in [0.3, 0.4) is 0 Å². The van der Waals surface area contributed by atoms with E-state index in [0.717, 1.165) is 30.7 Å². The van der Waals surface area contributed by atoms with E-state index in [-0.39, 0.29) is 5.54 Å². The molecule has 1 saturated carbocycles. The van der Waals surface area contributed by atoms with Gasteiger partial charge in [-0.3, -0.25) is 0 Å². The van der Waals surface area contributed by atoms with Crippen molar-refractivity contribution >= 4 is 5.65 Å². The van der Waals surface area contributed by atoms with Crippen LogP contribution in [-0.4, -0.2) is 19.8 Å². The van der Waals surface area contributed by atoms with Crippen LogP contribution in [0.1, 0.15) is 25.1 Å². The second kappa shape index (κ2) is 2.51. The van der Waals surface area contributed by atoms with Crippen molar-refractivity contribution in [1.29, 1.82) is 0 Å². The zero-order valence-corrected chi connectivity index (χ0v) is 7.72. The highest BCUT2D eigenvalue weighted by atomic mass is 15.4. The molecule has 0 amide bonds. The summed E-state index contributed by atoms with van der Waals surface area (Å²) < 4.78 is 1.74. The third-order valence-electron chi connectivity index (χ3n) is 2.87. The molecule has 2 N–H and O–H groups in total. The van der Waals surface area contributed by atoms with Gasteiger partial charge in [-0.2, -0.15) is 9.61 Å². The average Bonchev–Trinajstić information content (AvgIpc) is 2.58. The number of hydrogen-bond donors (Lipinski definition) is 1. The Kier molecular flexibility index (Phi) is 1.41. The second-order valence-corrected chi connectivity index (χ2v) is 3.83. The molecule has 2 aromatic heterocycles. The molecule has 2 aromatic rings. The maximum Gasteiger partial charge on any atom is 0.177 e. The molecule has 0 aromatic carbocycles. The van der Waals surface area contributed by atoms with Crippen molar-refractivity contribution in [1.82, 2.24) is 19.8 Å². The van der Waals surface area contributed by atoms with Crippen LogP contribution in [0, 0.1) is 0 Å². The van der Waals surface area contributed by atoms with Crippen LogP contribution in [0.5, 0.6) is 0 Å². The molecule has 14 heavy (non-hydrogen) atoms. The molecule has 1 aliphatic carbocycles. The van der Waals surface area contributed by atoms with Crippen molar-refractivity contribution < 1.29 is 0 Å². The highest BCUT2D eigenvalue weighted by Crippen LogP contribution is 2.37. The number of nitrogens with zero attached hydrogens (tertiary/aromatic N) is 4. The van der Waals surface area contributed by atoms with Gasteiger partial charge in [0.15, 0.2) is 11.5 Å². The first-order valence-corrected chi connectivity index (χ1v) is 4.75. The van der Waals surface area contributed by atoms with E-state index < -0.39 is 0 Å². The van der Waals surface area contributed by atoms with E-state index in [1.165, 1.54) is 0 Å². The van der Waals surface area contributed by atoms with Gasteiger partial charge in [0.2, 0.25) is 0 Å². The number of nitrogens with two attached hydrogens (primary N) is 1. The number of fused-ring (bicyclic) bond motifs is 1. The lowest BCUT2D eigenvalue weighted by molar-refractivity contribution is 0.234. The maximum atomic E-state index is 6.17. The van der Waals surface area contributed by atoms with E-state index in [4.69, 9.17) is 5.73 Å². The Morgan fingerprint density at radius 3 is 2.93 bits per heavy atom. The quantitative estimate of drug-likeness (QED) is 0.707. The molecular formula is C9H11N5. The molecule has 3 rings (SSSR count). The fourth-order valence-electron chi connectivity index (χ4n) is 1.84. The summed E-state index contributed by atoms with van der Waals surface area (Å²) in [5.41, 5.74) is 6.64. The van der Waals surface area contributed by atoms with Crippen molar-refractivity contribution in [2.24, 2.45) is 5.73 Å². The van der Waals surface area contributed by atoms with Gasteiger partial charge in [-0.15, -0.1) is 10.2 Å². The van der Waals surface area contributed by atoms with E-state index in [0.29, 0.717) is 0 Å². The minimum absolute atomic E-state index is 0.298. The Morgan fingerprint density at radius 2 is 2.21 bits per heavy atom. The SMILES string of the molecule is NC1(c2nnc3cccnn23)CCC1. The predicted molar refractivity (Wildman–Crippen MR) is 50.5 cm³/mol. The first kappa shape index (κ1) is 7.87. The van der Waals surface area contributed by atoms with E-state index in [9.17, 15) is 0 Å². The summed E-state index contributed by atoms with van der Waals surface area (Å²) in [6, 6.07) is 3.73. The number of aromatic nitrogens is 4. The summed E-state index contributed by atoms with van der Waals surface area (Å²) in [6.07, 6.45) is 4.84. The molecule has 0 bridgehead atoms. The topological polar surface area (TPSA) is 69.1 Å². The van der Waals surface area contributed by atoms with Crippen molar-refractivity contribution in [3.63, 3.8) is 0 Å². The molecule has 0 aliphatic heterocycles. The van der Waals surface area contributed by atoms with Gasteiger partial charge in [0.25, 0.3) is 0 Å². The van der Waals surface area contributed by atoms with Crippen LogP contribution in [0.4, 0.5) is 0 Å². The van der Waals surface area contributed by atoms with E-state index >= 15 is 0 Å². The van der Waals surface area contributed by atoms with Gasteiger partial charge in [0, 0.05) is 6.20 Å². The Labute approximate surface area is 80.9 Å². The predicted octanol–water partition coefficient (Wildman–Crippen LogP) is 0.462. The summed E-state index contributed by atoms with van der Waals surface area (Å²) in [4.78, 5) is 0. The minimum atomic E-state index is -0.298. The van der Waals surface area contributed by atoms with Crippen molar-refractivity contribution in [2.75, 3.05) is 0 Å². The van der Waals surface area contributed by atoms with Gasteiger partial charge in [0.1, 0.15) is 0 Å². The second-order valence-electron chi connectivity index (χ2n) is 3.83. The molecule has 2 heterocycles. The smallest absolute Gasteiger partial charge is 0.177 e. The molecule has 5 heteroatoms. The maximum absolute atomic E-state index is 6.17. The van der Waals surface area contributed by atoms with Gasteiger partial charge in [-0.1, -0.05) is 0 Å². The molecule has 0 spiro atoms. The monoisotopic (exact) mass is 189 g/mol. The highest BCUT2D eigenvalue weighted by molar-refractivity contribution is 5.36. The third kappa shape index (κ3) is 0.899. The van der Waals surface area contributed by atoms with E-state index in [1.54, 1.807) is 10.7 Å². The Balaban J connectivity index is 2.22. The summed E-state index contributed by atoms with van der Waals surface area (Å²) in [5.74, 6) is 0.791. The Hall–Kier alpha value is -1.49. The highest BCUT2D eigenvalue weighted by Gasteiger charge is 2.39. The van der Waals surface area contributed by atoms with E-state index in [1.807, 2.05) is 12.1 Å². The van der Waals surface area contributed by atoms with Gasteiger partial charge in [-0.05, 0) is 31.4 Å². The van der Waals surface area contributed by atoms with Crippen LogP contribution < -0.4 is 5.73 Å². The van der Waals surface area contributed by atoms with Crippen molar-refractivity contribution in [3.8, 4) is 0 Å². The molecule has 1 aliphatic rings. The first-order valence-electron chi connectivity index (χ1n) is 4.75. The lowest BCUT2D eigenvalue weighted by atomic mass is 9.77. The minimum Gasteiger partial charge on any atom is -0.319 e. The molecular weight excluding hydrogens is 178 g/mol. The van der Waals surface area contributed by atoms with Crippen LogP contribution in [0.15, 0.2) is 18.3 Å². The van der Waals surface area contributed by atoms with Crippen LogP contribution in [-0.2, 0) is 5.54 Å². The molecule has 72 valence electrons. The lowest BCUT2D eigenvalue weighted by Crippen LogP contribution is -2.45. The third-order valence-corrected chi connectivity index (χ3v) is 2.87. The molecule has 1 fully saturated rings. The zero-order valence-electron chi connectivity index (χ0n) is 7.72. The van der Waals surface area contributed by atoms with Crippen LogP contribution in [0.2, 0.25) is 0 Å². The van der Waals surface area contributed by atoms with Crippen molar-refractivity contribution in [2.45, 2.75) is 24.8 Å². The fraction of sp³-hybridized carbons (Fsp3) is 0.444. The first-order chi connectivity index (χ1) is 6.80. The molecule has 0 saturated heterocycles. The summed E-state index contributed by atoms with van der Waals surface area (Å²) >= 11 is 0. The standard InChI is InChI=1S/C9H11N5/c10-9(4-2-5-9)8-13-12-7-3-1-6-11-14(7)8/h1,3,6H,2,4-5,10H2. The zero-order chi connectivity index (χ0) is 9.60. The molecule has 0 radical (unpaired) electrons. The van der Waals surface area contributed by atoms with Crippen molar-refractivity contribution in [3.05, 3.63) is 24.2 Å². The largest absolute Gasteiger partial charge is 0.319 e. The molecule has 5 nitrogen and oxygen atoms in total. The summed E-state index contributed by atoms with van der Waals surface area (Å²) in [6.45, 7) is 0.